The number of carbonyl (C=O) groups is 1. The van der Waals surface area contributed by atoms with E-state index in [1.54, 1.807) is 12.1 Å². The molecule has 0 N–H and O–H groups in total. The molecule has 8 heteroatoms. The summed E-state index contributed by atoms with van der Waals surface area (Å²) >= 11 is 0. The quantitative estimate of drug-likeness (QED) is 0.800. The predicted octanol–water partition coefficient (Wildman–Crippen LogP) is 0.487. The molecule has 1 aliphatic heterocycles. The van der Waals surface area contributed by atoms with Gasteiger partial charge in [0, 0.05) is 6.54 Å². The van der Waals surface area contributed by atoms with Crippen LogP contribution in [0.25, 0.3) is 11.6 Å². The Balaban J connectivity index is 1.65. The molecule has 100 valence electrons. The van der Waals surface area contributed by atoms with Gasteiger partial charge < -0.3 is 4.42 Å². The van der Waals surface area contributed by atoms with Crippen LogP contribution in [0.1, 0.15) is 12.8 Å². The van der Waals surface area contributed by atoms with Gasteiger partial charge in [-0.05, 0) is 30.2 Å². The number of hydrogen-bond donors (Lipinski definition) is 0. The van der Waals surface area contributed by atoms with E-state index in [4.69, 9.17) is 9.25 Å². The van der Waals surface area contributed by atoms with Crippen LogP contribution < -0.4 is 0 Å². The molecule has 1 aliphatic rings. The molecule has 3 heterocycles. The number of tetrazole rings is 1. The molecule has 0 bridgehead atoms. The Labute approximate surface area is 108 Å². The minimum Gasteiger partial charge on any atom is -0.461 e. The van der Waals surface area contributed by atoms with E-state index >= 15 is 0 Å². The highest BCUT2D eigenvalue weighted by Crippen LogP contribution is 2.13. The van der Waals surface area contributed by atoms with E-state index in [9.17, 15) is 4.79 Å². The molecule has 8 nitrogen and oxygen atoms in total. The van der Waals surface area contributed by atoms with Crippen LogP contribution in [0.2, 0.25) is 0 Å². The van der Waals surface area contributed by atoms with Crippen LogP contribution in [-0.2, 0) is 16.2 Å². The molecule has 0 aromatic carbocycles. The van der Waals surface area contributed by atoms with E-state index in [1.165, 1.54) is 16.1 Å². The zero-order valence-electron chi connectivity index (χ0n) is 10.2. The molecule has 2 aromatic heterocycles. The lowest BCUT2D eigenvalue weighted by Crippen LogP contribution is -2.38. The first-order valence-electron chi connectivity index (χ1n) is 6.08. The normalized spacial score (nSPS) is 15.7. The van der Waals surface area contributed by atoms with Gasteiger partial charge in [0.15, 0.2) is 5.76 Å². The highest BCUT2D eigenvalue weighted by molar-refractivity contribution is 5.74. The monoisotopic (exact) mass is 263 g/mol. The second-order valence-electron chi connectivity index (χ2n) is 4.16. The molecule has 1 amide bonds. The fourth-order valence-electron chi connectivity index (χ4n) is 1.81. The van der Waals surface area contributed by atoms with E-state index < -0.39 is 0 Å². The molecule has 1 saturated heterocycles. The van der Waals surface area contributed by atoms with Gasteiger partial charge in [-0.3, -0.25) is 9.63 Å². The molecule has 0 unspecified atom stereocenters. The third-order valence-electron chi connectivity index (χ3n) is 2.75. The molecule has 2 aromatic rings. The highest BCUT2D eigenvalue weighted by atomic mass is 16.7. The summed E-state index contributed by atoms with van der Waals surface area (Å²) in [5.41, 5.74) is 0. The van der Waals surface area contributed by atoms with E-state index in [-0.39, 0.29) is 12.5 Å². The van der Waals surface area contributed by atoms with Crippen molar-refractivity contribution in [1.82, 2.24) is 25.3 Å². The molecule has 0 saturated carbocycles. The van der Waals surface area contributed by atoms with Gasteiger partial charge in [0.05, 0.1) is 12.9 Å². The molecule has 0 spiro atoms. The molecule has 1 fully saturated rings. The zero-order valence-corrected chi connectivity index (χ0v) is 10.2. The molecular weight excluding hydrogens is 250 g/mol. The fraction of sp³-hybridized carbons (Fsp3) is 0.455. The summed E-state index contributed by atoms with van der Waals surface area (Å²) in [6, 6.07) is 3.47. The topological polar surface area (TPSA) is 86.3 Å². The van der Waals surface area contributed by atoms with Crippen LogP contribution >= 0.6 is 0 Å². The fourth-order valence-corrected chi connectivity index (χ4v) is 1.81. The van der Waals surface area contributed by atoms with E-state index in [0.29, 0.717) is 24.7 Å². The van der Waals surface area contributed by atoms with Gasteiger partial charge in [-0.25, -0.2) is 5.06 Å². The van der Waals surface area contributed by atoms with Gasteiger partial charge in [0.1, 0.15) is 6.54 Å². The summed E-state index contributed by atoms with van der Waals surface area (Å²) in [4.78, 5) is 18.4. The Kier molecular flexibility index (Phi) is 3.23. The Morgan fingerprint density at radius 3 is 3.11 bits per heavy atom. The van der Waals surface area contributed by atoms with Crippen molar-refractivity contribution in [3.05, 3.63) is 18.4 Å². The molecular formula is C11H13N5O3. The molecule has 0 radical (unpaired) electrons. The van der Waals surface area contributed by atoms with Gasteiger partial charge in [-0.15, -0.1) is 10.2 Å². The van der Waals surface area contributed by atoms with Gasteiger partial charge >= 0.3 is 0 Å². The Bertz CT molecular complexity index is 544. The van der Waals surface area contributed by atoms with E-state index in [0.717, 1.165) is 12.8 Å². The molecule has 0 atom stereocenters. The Morgan fingerprint density at radius 2 is 2.37 bits per heavy atom. The number of nitrogens with zero attached hydrogens (tertiary/aromatic N) is 5. The lowest BCUT2D eigenvalue weighted by Gasteiger charge is -2.25. The number of carbonyl (C=O) groups excluding carboxylic acids is 1. The SMILES string of the molecule is O=C(Cn1nnc(-c2ccco2)n1)N1CCCCO1. The Hall–Kier alpha value is -2.22. The van der Waals surface area contributed by atoms with Gasteiger partial charge in [-0.1, -0.05) is 0 Å². The third kappa shape index (κ3) is 2.63. The number of aromatic nitrogens is 4. The molecule has 3 rings (SSSR count). The number of hydrogen-bond acceptors (Lipinski definition) is 6. The highest BCUT2D eigenvalue weighted by Gasteiger charge is 2.19. The van der Waals surface area contributed by atoms with Crippen LogP contribution in [0.4, 0.5) is 0 Å². The average Bonchev–Trinajstić information content (AvgIpc) is 3.10. The van der Waals surface area contributed by atoms with Crippen molar-refractivity contribution >= 4 is 5.91 Å². The van der Waals surface area contributed by atoms with Crippen LogP contribution in [0.3, 0.4) is 0 Å². The van der Waals surface area contributed by atoms with E-state index in [1.807, 2.05) is 0 Å². The van der Waals surface area contributed by atoms with Gasteiger partial charge in [0.2, 0.25) is 5.82 Å². The van der Waals surface area contributed by atoms with Crippen molar-refractivity contribution in [2.75, 3.05) is 13.2 Å². The smallest absolute Gasteiger partial charge is 0.269 e. The number of rotatable bonds is 3. The molecule has 0 aliphatic carbocycles. The Morgan fingerprint density at radius 1 is 1.42 bits per heavy atom. The number of furan rings is 1. The first-order valence-corrected chi connectivity index (χ1v) is 6.08. The van der Waals surface area contributed by atoms with Crippen molar-refractivity contribution in [2.24, 2.45) is 0 Å². The second kappa shape index (κ2) is 5.19. The minimum atomic E-state index is -0.178. The van der Waals surface area contributed by atoms with Crippen molar-refractivity contribution in [1.29, 1.82) is 0 Å². The van der Waals surface area contributed by atoms with Crippen LogP contribution in [-0.4, -0.2) is 44.3 Å². The maximum atomic E-state index is 11.9. The summed E-state index contributed by atoms with van der Waals surface area (Å²) in [7, 11) is 0. The summed E-state index contributed by atoms with van der Waals surface area (Å²) in [6.45, 7) is 1.19. The number of hydroxylamine groups is 2. The second-order valence-corrected chi connectivity index (χ2v) is 4.16. The standard InChI is InChI=1S/C11H13N5O3/c17-10(15-5-1-2-7-19-15)8-16-13-11(12-14-16)9-4-3-6-18-9/h3-4,6H,1-2,5,7-8H2. The van der Waals surface area contributed by atoms with Crippen LogP contribution in [0, 0.1) is 0 Å². The summed E-state index contributed by atoms with van der Waals surface area (Å²) < 4.78 is 5.16. The van der Waals surface area contributed by atoms with Crippen molar-refractivity contribution in [2.45, 2.75) is 19.4 Å². The van der Waals surface area contributed by atoms with Crippen molar-refractivity contribution in [3.63, 3.8) is 0 Å². The first kappa shape index (κ1) is 11.8. The largest absolute Gasteiger partial charge is 0.461 e. The number of amides is 1. The van der Waals surface area contributed by atoms with Crippen LogP contribution in [0.5, 0.6) is 0 Å². The minimum absolute atomic E-state index is 0.00765. The maximum Gasteiger partial charge on any atom is 0.269 e. The summed E-state index contributed by atoms with van der Waals surface area (Å²) in [5, 5.41) is 13.1. The first-order chi connectivity index (χ1) is 9.33. The summed E-state index contributed by atoms with van der Waals surface area (Å²) in [6.07, 6.45) is 3.46. The van der Waals surface area contributed by atoms with E-state index in [2.05, 4.69) is 15.4 Å². The van der Waals surface area contributed by atoms with Crippen molar-refractivity contribution < 1.29 is 14.0 Å². The van der Waals surface area contributed by atoms with Crippen LogP contribution in [0.15, 0.2) is 22.8 Å². The lowest BCUT2D eigenvalue weighted by atomic mass is 10.3. The zero-order chi connectivity index (χ0) is 13.1. The predicted molar refractivity (Wildman–Crippen MR) is 62.4 cm³/mol. The van der Waals surface area contributed by atoms with Gasteiger partial charge in [0.25, 0.3) is 5.91 Å². The van der Waals surface area contributed by atoms with Crippen molar-refractivity contribution in [3.8, 4) is 11.6 Å². The maximum absolute atomic E-state index is 11.9. The van der Waals surface area contributed by atoms with Gasteiger partial charge in [-0.2, -0.15) is 4.80 Å². The molecule has 19 heavy (non-hydrogen) atoms. The summed E-state index contributed by atoms with van der Waals surface area (Å²) in [5.74, 6) is 0.702. The lowest BCUT2D eigenvalue weighted by molar-refractivity contribution is -0.198. The third-order valence-corrected chi connectivity index (χ3v) is 2.75. The average molecular weight is 263 g/mol.